The summed E-state index contributed by atoms with van der Waals surface area (Å²) in [5.41, 5.74) is 3.71. The predicted molar refractivity (Wildman–Crippen MR) is 77.8 cm³/mol. The maximum absolute atomic E-state index is 13.6. The molecule has 20 heavy (non-hydrogen) atoms. The Morgan fingerprint density at radius 1 is 1.15 bits per heavy atom. The molecular formula is C16H16FN3. The molecule has 0 unspecified atom stereocenters. The van der Waals surface area contributed by atoms with E-state index in [0.717, 1.165) is 22.4 Å². The van der Waals surface area contributed by atoms with Gasteiger partial charge < -0.3 is 10.3 Å². The third-order valence-electron chi connectivity index (χ3n) is 3.25. The molecule has 3 nitrogen and oxygen atoms in total. The zero-order chi connectivity index (χ0) is 13.9. The summed E-state index contributed by atoms with van der Waals surface area (Å²) >= 11 is 0. The van der Waals surface area contributed by atoms with Gasteiger partial charge in [0.1, 0.15) is 11.6 Å². The first kappa shape index (κ1) is 12.8. The minimum atomic E-state index is -0.173. The number of rotatable bonds is 4. The number of aromatic nitrogens is 2. The van der Waals surface area contributed by atoms with Crippen LogP contribution in [0.15, 0.2) is 42.5 Å². The molecule has 1 aromatic heterocycles. The Bertz CT molecular complexity index is 700. The van der Waals surface area contributed by atoms with E-state index in [1.54, 1.807) is 6.07 Å². The molecule has 0 saturated heterocycles. The number of aromatic amines is 1. The first-order valence-electron chi connectivity index (χ1n) is 6.62. The molecular weight excluding hydrogens is 253 g/mol. The van der Waals surface area contributed by atoms with Crippen molar-refractivity contribution >= 4 is 11.0 Å². The van der Waals surface area contributed by atoms with Crippen LogP contribution in [0.2, 0.25) is 0 Å². The van der Waals surface area contributed by atoms with Crippen LogP contribution in [-0.4, -0.2) is 9.97 Å². The highest BCUT2D eigenvalue weighted by molar-refractivity contribution is 5.74. The van der Waals surface area contributed by atoms with Crippen molar-refractivity contribution < 1.29 is 4.39 Å². The molecule has 0 aliphatic carbocycles. The minimum absolute atomic E-state index is 0.173. The molecule has 102 valence electrons. The summed E-state index contributed by atoms with van der Waals surface area (Å²) in [5, 5.41) is 3.21. The molecule has 0 aliphatic rings. The molecule has 0 fully saturated rings. The van der Waals surface area contributed by atoms with Crippen molar-refractivity contribution in [3.63, 3.8) is 0 Å². The lowest BCUT2D eigenvalue weighted by molar-refractivity contribution is 0.583. The van der Waals surface area contributed by atoms with Gasteiger partial charge in [-0.3, -0.25) is 0 Å². The molecule has 2 N–H and O–H groups in total. The molecule has 0 radical (unpaired) electrons. The van der Waals surface area contributed by atoms with Gasteiger partial charge in [0.25, 0.3) is 0 Å². The lowest BCUT2D eigenvalue weighted by Gasteiger charge is -2.05. The summed E-state index contributed by atoms with van der Waals surface area (Å²) in [7, 11) is 0. The number of imidazole rings is 1. The third kappa shape index (κ3) is 2.70. The fourth-order valence-electron chi connectivity index (χ4n) is 2.24. The van der Waals surface area contributed by atoms with Crippen LogP contribution in [0, 0.1) is 12.7 Å². The Morgan fingerprint density at radius 2 is 2.00 bits per heavy atom. The van der Waals surface area contributed by atoms with Gasteiger partial charge in [-0.15, -0.1) is 0 Å². The Kier molecular flexibility index (Phi) is 3.48. The Labute approximate surface area is 116 Å². The fraction of sp³-hybridized carbons (Fsp3) is 0.188. The number of aryl methyl sites for hydroxylation is 1. The van der Waals surface area contributed by atoms with Crippen molar-refractivity contribution in [2.24, 2.45) is 0 Å². The van der Waals surface area contributed by atoms with Crippen LogP contribution in [0.25, 0.3) is 11.0 Å². The molecule has 3 rings (SSSR count). The van der Waals surface area contributed by atoms with E-state index in [1.807, 2.05) is 37.3 Å². The second-order valence-electron chi connectivity index (χ2n) is 4.90. The normalized spacial score (nSPS) is 11.1. The Morgan fingerprint density at radius 3 is 2.85 bits per heavy atom. The quantitative estimate of drug-likeness (QED) is 0.763. The van der Waals surface area contributed by atoms with Gasteiger partial charge in [0.2, 0.25) is 0 Å². The fourth-order valence-corrected chi connectivity index (χ4v) is 2.24. The number of para-hydroxylation sites is 2. The zero-order valence-electron chi connectivity index (χ0n) is 11.3. The number of halogens is 1. The van der Waals surface area contributed by atoms with Gasteiger partial charge in [-0.05, 0) is 25.1 Å². The van der Waals surface area contributed by atoms with E-state index < -0.39 is 0 Å². The molecule has 0 amide bonds. The molecule has 0 atom stereocenters. The van der Waals surface area contributed by atoms with Crippen LogP contribution in [0.1, 0.15) is 17.0 Å². The van der Waals surface area contributed by atoms with Crippen molar-refractivity contribution in [1.29, 1.82) is 0 Å². The van der Waals surface area contributed by atoms with Crippen LogP contribution in [0.3, 0.4) is 0 Å². The number of fused-ring (bicyclic) bond motifs is 1. The highest BCUT2D eigenvalue weighted by Crippen LogP contribution is 2.11. The van der Waals surface area contributed by atoms with E-state index in [1.165, 1.54) is 6.07 Å². The number of H-pyrrole nitrogens is 1. The molecule has 0 spiro atoms. The van der Waals surface area contributed by atoms with E-state index >= 15 is 0 Å². The molecule has 1 heterocycles. The van der Waals surface area contributed by atoms with E-state index in [-0.39, 0.29) is 5.82 Å². The SMILES string of the molecule is Cc1ccc(F)c(CNCc2nc3ccccc3[nH]2)c1. The molecule has 0 bridgehead atoms. The van der Waals surface area contributed by atoms with Crippen molar-refractivity contribution in [3.05, 3.63) is 65.2 Å². The zero-order valence-corrected chi connectivity index (χ0v) is 11.3. The van der Waals surface area contributed by atoms with Crippen LogP contribution >= 0.6 is 0 Å². The van der Waals surface area contributed by atoms with Gasteiger partial charge in [0.05, 0.1) is 17.6 Å². The maximum atomic E-state index is 13.6. The first-order valence-corrected chi connectivity index (χ1v) is 6.62. The van der Waals surface area contributed by atoms with Crippen molar-refractivity contribution in [1.82, 2.24) is 15.3 Å². The largest absolute Gasteiger partial charge is 0.341 e. The smallest absolute Gasteiger partial charge is 0.127 e. The average molecular weight is 269 g/mol. The van der Waals surface area contributed by atoms with Crippen LogP contribution in [0.4, 0.5) is 4.39 Å². The second-order valence-corrected chi connectivity index (χ2v) is 4.90. The summed E-state index contributed by atoms with van der Waals surface area (Å²) in [6.45, 7) is 3.04. The third-order valence-corrected chi connectivity index (χ3v) is 3.25. The highest BCUT2D eigenvalue weighted by atomic mass is 19.1. The van der Waals surface area contributed by atoms with Crippen LogP contribution < -0.4 is 5.32 Å². The van der Waals surface area contributed by atoms with Gasteiger partial charge in [-0.1, -0.05) is 29.8 Å². The molecule has 4 heteroatoms. The van der Waals surface area contributed by atoms with Crippen molar-refractivity contribution in [2.45, 2.75) is 20.0 Å². The Hall–Kier alpha value is -2.20. The van der Waals surface area contributed by atoms with E-state index in [2.05, 4.69) is 15.3 Å². The minimum Gasteiger partial charge on any atom is -0.341 e. The predicted octanol–water partition coefficient (Wildman–Crippen LogP) is 3.30. The van der Waals surface area contributed by atoms with Gasteiger partial charge in [-0.25, -0.2) is 9.37 Å². The van der Waals surface area contributed by atoms with Crippen LogP contribution in [-0.2, 0) is 13.1 Å². The molecule has 3 aromatic rings. The first-order chi connectivity index (χ1) is 9.72. The van der Waals surface area contributed by atoms with Gasteiger partial charge in [-0.2, -0.15) is 0 Å². The van der Waals surface area contributed by atoms with E-state index in [4.69, 9.17) is 0 Å². The van der Waals surface area contributed by atoms with Gasteiger partial charge in [0.15, 0.2) is 0 Å². The summed E-state index contributed by atoms with van der Waals surface area (Å²) in [6, 6.07) is 13.0. The summed E-state index contributed by atoms with van der Waals surface area (Å²) in [5.74, 6) is 0.687. The number of hydrogen-bond donors (Lipinski definition) is 2. The molecule has 2 aromatic carbocycles. The number of nitrogens with zero attached hydrogens (tertiary/aromatic N) is 1. The standard InChI is InChI=1S/C16H16FN3/c1-11-6-7-13(17)12(8-11)9-18-10-16-19-14-4-2-3-5-15(14)20-16/h2-8,18H,9-10H2,1H3,(H,19,20). The number of nitrogens with one attached hydrogen (secondary N) is 2. The molecule has 0 saturated carbocycles. The highest BCUT2D eigenvalue weighted by Gasteiger charge is 2.04. The maximum Gasteiger partial charge on any atom is 0.127 e. The lowest BCUT2D eigenvalue weighted by Crippen LogP contribution is -2.14. The molecule has 0 aliphatic heterocycles. The number of hydrogen-bond acceptors (Lipinski definition) is 2. The van der Waals surface area contributed by atoms with Gasteiger partial charge in [0, 0.05) is 12.1 Å². The van der Waals surface area contributed by atoms with Crippen molar-refractivity contribution in [2.75, 3.05) is 0 Å². The number of benzene rings is 2. The second kappa shape index (κ2) is 5.43. The van der Waals surface area contributed by atoms with E-state index in [9.17, 15) is 4.39 Å². The lowest BCUT2D eigenvalue weighted by atomic mass is 10.1. The van der Waals surface area contributed by atoms with Crippen LogP contribution in [0.5, 0.6) is 0 Å². The summed E-state index contributed by atoms with van der Waals surface area (Å²) in [4.78, 5) is 7.71. The topological polar surface area (TPSA) is 40.7 Å². The average Bonchev–Trinajstić information content (AvgIpc) is 2.85. The monoisotopic (exact) mass is 269 g/mol. The summed E-state index contributed by atoms with van der Waals surface area (Å²) in [6.07, 6.45) is 0. The summed E-state index contributed by atoms with van der Waals surface area (Å²) < 4.78 is 13.6. The van der Waals surface area contributed by atoms with Crippen molar-refractivity contribution in [3.8, 4) is 0 Å². The van der Waals surface area contributed by atoms with E-state index in [0.29, 0.717) is 18.7 Å². The Balaban J connectivity index is 1.66. The van der Waals surface area contributed by atoms with Gasteiger partial charge >= 0.3 is 0 Å².